The monoisotopic (exact) mass is 345 g/mol. The molecule has 0 fully saturated rings. The molecule has 0 saturated carbocycles. The number of ether oxygens (including phenoxy) is 1. The molecule has 0 amide bonds. The van der Waals surface area contributed by atoms with Crippen molar-refractivity contribution < 1.29 is 14.4 Å². The minimum absolute atomic E-state index is 0.0926. The Labute approximate surface area is 144 Å². The number of nitrogens with one attached hydrogen (secondary N) is 1. The Morgan fingerprint density at radius 3 is 2.33 bits per heavy atom. The van der Waals surface area contributed by atoms with Crippen LogP contribution >= 0.6 is 11.6 Å². The Bertz CT molecular complexity index is 741. The molecule has 2 aromatic rings. The van der Waals surface area contributed by atoms with Gasteiger partial charge in [0.05, 0.1) is 19.0 Å². The molecule has 1 N–H and O–H groups in total. The predicted octanol–water partition coefficient (Wildman–Crippen LogP) is 3.63. The third kappa shape index (κ3) is 4.82. The first-order valence-corrected chi connectivity index (χ1v) is 7.36. The Balaban J connectivity index is 2.21. The number of oxime groups is 1. The lowest BCUT2D eigenvalue weighted by atomic mass is 10.1. The number of hydrogen-bond acceptors (Lipinski definition) is 6. The van der Waals surface area contributed by atoms with Crippen molar-refractivity contribution >= 4 is 35.0 Å². The van der Waals surface area contributed by atoms with Crippen molar-refractivity contribution in [2.24, 2.45) is 10.3 Å². The fourth-order valence-corrected chi connectivity index (χ4v) is 1.91. The molecule has 0 spiro atoms. The van der Waals surface area contributed by atoms with Crippen LogP contribution in [0.3, 0.4) is 0 Å². The summed E-state index contributed by atoms with van der Waals surface area (Å²) in [6, 6.07) is 13.6. The number of benzene rings is 2. The molecule has 0 unspecified atom stereocenters. The van der Waals surface area contributed by atoms with Gasteiger partial charge in [0.2, 0.25) is 5.78 Å². The van der Waals surface area contributed by atoms with E-state index < -0.39 is 0 Å². The summed E-state index contributed by atoms with van der Waals surface area (Å²) < 4.78 is 5.09. The van der Waals surface area contributed by atoms with Crippen LogP contribution in [0.4, 0.5) is 5.69 Å². The molecule has 7 heteroatoms. The van der Waals surface area contributed by atoms with Crippen molar-refractivity contribution in [1.29, 1.82) is 0 Å². The molecule has 0 radical (unpaired) electrons. The number of carbonyl (C=O) groups is 1. The second-order valence-electron chi connectivity index (χ2n) is 4.59. The number of hydrogen-bond donors (Lipinski definition) is 1. The summed E-state index contributed by atoms with van der Waals surface area (Å²) >= 11 is 5.83. The third-order valence-corrected chi connectivity index (χ3v) is 3.27. The molecule has 0 aliphatic heterocycles. The Morgan fingerprint density at radius 1 is 1.08 bits per heavy atom. The third-order valence-electron chi connectivity index (χ3n) is 3.01. The van der Waals surface area contributed by atoms with Gasteiger partial charge in [0.25, 0.3) is 0 Å². The van der Waals surface area contributed by atoms with Crippen LogP contribution in [-0.2, 0) is 4.84 Å². The maximum Gasteiger partial charge on any atom is 0.214 e. The standard InChI is InChI=1S/C17H16ClN3O3/c1-23-15-9-7-14(8-10-15)20-21-16(11-19-24-2)17(22)12-3-5-13(18)6-4-12/h3-11,20H,1-2H3/b19-11+,21-16+. The summed E-state index contributed by atoms with van der Waals surface area (Å²) in [4.78, 5) is 17.1. The van der Waals surface area contributed by atoms with Crippen LogP contribution in [0.5, 0.6) is 5.75 Å². The minimum atomic E-state index is -0.312. The second kappa shape index (κ2) is 8.69. The molecule has 0 aromatic heterocycles. The fraction of sp³-hybridized carbons (Fsp3) is 0.118. The van der Waals surface area contributed by atoms with Gasteiger partial charge in [-0.3, -0.25) is 10.2 Å². The number of methoxy groups -OCH3 is 1. The van der Waals surface area contributed by atoms with E-state index in [0.717, 1.165) is 5.75 Å². The zero-order valence-electron chi connectivity index (χ0n) is 13.2. The van der Waals surface area contributed by atoms with E-state index in [1.54, 1.807) is 55.6 Å². The van der Waals surface area contributed by atoms with Crippen molar-refractivity contribution in [3.63, 3.8) is 0 Å². The largest absolute Gasteiger partial charge is 0.497 e. The van der Waals surface area contributed by atoms with Crippen LogP contribution in [-0.4, -0.2) is 31.9 Å². The normalized spacial score (nSPS) is 11.4. The zero-order chi connectivity index (χ0) is 17.4. The van der Waals surface area contributed by atoms with Crippen molar-refractivity contribution in [2.45, 2.75) is 0 Å². The SMILES string of the molecule is CO/N=C/C(=N\Nc1ccc(OC)cc1)C(=O)c1ccc(Cl)cc1. The number of carbonyl (C=O) groups excluding carboxylic acids is 1. The van der Waals surface area contributed by atoms with Gasteiger partial charge < -0.3 is 9.57 Å². The van der Waals surface area contributed by atoms with Gasteiger partial charge in [-0.2, -0.15) is 5.10 Å². The molecule has 0 heterocycles. The molecule has 0 bridgehead atoms. The summed E-state index contributed by atoms with van der Waals surface area (Å²) in [7, 11) is 2.97. The highest BCUT2D eigenvalue weighted by Crippen LogP contribution is 2.15. The number of rotatable bonds is 7. The number of ketones is 1. The van der Waals surface area contributed by atoms with Crippen molar-refractivity contribution in [1.82, 2.24) is 0 Å². The number of anilines is 1. The minimum Gasteiger partial charge on any atom is -0.497 e. The highest BCUT2D eigenvalue weighted by molar-refractivity contribution is 6.64. The molecule has 0 aliphatic carbocycles. The van der Waals surface area contributed by atoms with Gasteiger partial charge in [0.15, 0.2) is 5.71 Å². The maximum atomic E-state index is 12.5. The fourth-order valence-electron chi connectivity index (χ4n) is 1.78. The Kier molecular flexibility index (Phi) is 6.33. The lowest BCUT2D eigenvalue weighted by molar-refractivity contribution is 0.106. The molecule has 6 nitrogen and oxygen atoms in total. The van der Waals surface area contributed by atoms with Crippen molar-refractivity contribution in [2.75, 3.05) is 19.6 Å². The average Bonchev–Trinajstić information content (AvgIpc) is 2.62. The van der Waals surface area contributed by atoms with Crippen molar-refractivity contribution in [3.8, 4) is 5.75 Å². The number of hydrazone groups is 1. The van der Waals surface area contributed by atoms with E-state index in [2.05, 4.69) is 20.5 Å². The molecular formula is C17H16ClN3O3. The molecular weight excluding hydrogens is 330 g/mol. The summed E-state index contributed by atoms with van der Waals surface area (Å²) in [5, 5.41) is 8.26. The van der Waals surface area contributed by atoms with E-state index >= 15 is 0 Å². The molecule has 2 rings (SSSR count). The van der Waals surface area contributed by atoms with E-state index in [-0.39, 0.29) is 11.5 Å². The smallest absolute Gasteiger partial charge is 0.214 e. The first kappa shape index (κ1) is 17.5. The van der Waals surface area contributed by atoms with Gasteiger partial charge in [0, 0.05) is 10.6 Å². The van der Waals surface area contributed by atoms with Gasteiger partial charge in [-0.05, 0) is 48.5 Å². The van der Waals surface area contributed by atoms with Crippen LogP contribution < -0.4 is 10.2 Å². The number of nitrogens with zero attached hydrogens (tertiary/aromatic N) is 2. The average molecular weight is 346 g/mol. The van der Waals surface area contributed by atoms with E-state index in [9.17, 15) is 4.79 Å². The molecule has 0 atom stereocenters. The lowest BCUT2D eigenvalue weighted by Crippen LogP contribution is -2.17. The topological polar surface area (TPSA) is 72.3 Å². The first-order valence-electron chi connectivity index (χ1n) is 6.98. The maximum absolute atomic E-state index is 12.5. The second-order valence-corrected chi connectivity index (χ2v) is 5.03. The van der Waals surface area contributed by atoms with Gasteiger partial charge in [0.1, 0.15) is 12.9 Å². The summed E-state index contributed by atoms with van der Waals surface area (Å²) in [6.07, 6.45) is 1.24. The first-order chi connectivity index (χ1) is 11.6. The lowest BCUT2D eigenvalue weighted by Gasteiger charge is -2.05. The van der Waals surface area contributed by atoms with Gasteiger partial charge >= 0.3 is 0 Å². The molecule has 2 aromatic carbocycles. The predicted molar refractivity (Wildman–Crippen MR) is 95.3 cm³/mol. The highest BCUT2D eigenvalue weighted by atomic mass is 35.5. The molecule has 0 aliphatic rings. The van der Waals surface area contributed by atoms with Crippen LogP contribution in [0, 0.1) is 0 Å². The number of Topliss-reactive ketones (excluding diaryl/α,β-unsaturated/α-hetero) is 1. The molecule has 0 saturated heterocycles. The van der Waals surface area contributed by atoms with Gasteiger partial charge in [-0.15, -0.1) is 0 Å². The van der Waals surface area contributed by atoms with Crippen molar-refractivity contribution in [3.05, 3.63) is 59.1 Å². The van der Waals surface area contributed by atoms with Crippen LogP contribution in [0.1, 0.15) is 10.4 Å². The zero-order valence-corrected chi connectivity index (χ0v) is 13.9. The van der Waals surface area contributed by atoms with E-state index in [0.29, 0.717) is 16.3 Å². The van der Waals surface area contributed by atoms with Crippen LogP contribution in [0.25, 0.3) is 0 Å². The van der Waals surface area contributed by atoms with E-state index in [1.165, 1.54) is 13.3 Å². The Hall–Kier alpha value is -2.86. The van der Waals surface area contributed by atoms with Gasteiger partial charge in [-0.25, -0.2) is 0 Å². The van der Waals surface area contributed by atoms with E-state index in [4.69, 9.17) is 16.3 Å². The van der Waals surface area contributed by atoms with Gasteiger partial charge in [-0.1, -0.05) is 16.8 Å². The molecule has 124 valence electrons. The summed E-state index contributed by atoms with van der Waals surface area (Å²) in [6.45, 7) is 0. The Morgan fingerprint density at radius 2 is 1.75 bits per heavy atom. The summed E-state index contributed by atoms with van der Waals surface area (Å²) in [5.74, 6) is 0.413. The summed E-state index contributed by atoms with van der Waals surface area (Å²) in [5.41, 5.74) is 4.04. The van der Waals surface area contributed by atoms with Crippen LogP contribution in [0.15, 0.2) is 58.8 Å². The van der Waals surface area contributed by atoms with Crippen LogP contribution in [0.2, 0.25) is 5.02 Å². The number of halogens is 1. The quantitative estimate of drug-likeness (QED) is 0.472. The van der Waals surface area contributed by atoms with E-state index in [1.807, 2.05) is 0 Å². The molecule has 24 heavy (non-hydrogen) atoms. The highest BCUT2D eigenvalue weighted by Gasteiger charge is 2.13.